The Balaban J connectivity index is 1.37. The van der Waals surface area contributed by atoms with E-state index in [0.29, 0.717) is 16.6 Å². The molecule has 0 fully saturated rings. The minimum atomic E-state index is -0.386. The van der Waals surface area contributed by atoms with Gasteiger partial charge in [0.05, 0.1) is 17.1 Å². The normalized spacial score (nSPS) is 11.9. The fourth-order valence-electron chi connectivity index (χ4n) is 3.75. The highest BCUT2D eigenvalue weighted by Crippen LogP contribution is 2.21. The number of carbonyl (C=O) groups is 2. The molecule has 0 radical (unpaired) electrons. The SMILES string of the molecule is CC(NC(=O)c1cccc2[nH]c(NC(=O)c3cc4ccccc4cn3)nc12)c1ccccc1. The van der Waals surface area contributed by atoms with Gasteiger partial charge in [-0.2, -0.15) is 0 Å². The molecule has 0 aliphatic heterocycles. The number of nitrogens with one attached hydrogen (secondary N) is 3. The molecule has 2 heterocycles. The number of anilines is 1. The van der Waals surface area contributed by atoms with Gasteiger partial charge in [-0.3, -0.25) is 19.9 Å². The standard InChI is InChI=1S/C26H21N5O2/c1-16(17-8-3-2-4-9-17)28-24(32)20-12-7-13-21-23(20)30-26(29-21)31-25(33)22-14-18-10-5-6-11-19(18)15-27-22/h2-16H,1H3,(H,28,32)(H2,29,30,31,33). The number of aromatic nitrogens is 3. The zero-order valence-electron chi connectivity index (χ0n) is 17.9. The van der Waals surface area contributed by atoms with Crippen LogP contribution < -0.4 is 10.6 Å². The van der Waals surface area contributed by atoms with Crippen LogP contribution in [0.4, 0.5) is 5.95 Å². The highest BCUT2D eigenvalue weighted by Gasteiger charge is 2.18. The first kappa shape index (κ1) is 20.4. The highest BCUT2D eigenvalue weighted by molar-refractivity contribution is 6.07. The molecule has 5 aromatic rings. The number of fused-ring (bicyclic) bond motifs is 2. The molecule has 5 rings (SSSR count). The van der Waals surface area contributed by atoms with Crippen molar-refractivity contribution >= 4 is 39.6 Å². The van der Waals surface area contributed by atoms with E-state index in [4.69, 9.17) is 0 Å². The number of H-pyrrole nitrogens is 1. The van der Waals surface area contributed by atoms with Crippen molar-refractivity contribution in [3.63, 3.8) is 0 Å². The van der Waals surface area contributed by atoms with Crippen molar-refractivity contribution in [2.45, 2.75) is 13.0 Å². The molecule has 0 spiro atoms. The largest absolute Gasteiger partial charge is 0.345 e. The highest BCUT2D eigenvalue weighted by atomic mass is 16.2. The Morgan fingerprint density at radius 2 is 1.64 bits per heavy atom. The third-order valence-electron chi connectivity index (χ3n) is 5.50. The number of amides is 2. The van der Waals surface area contributed by atoms with Crippen LogP contribution in [0.5, 0.6) is 0 Å². The predicted molar refractivity (Wildman–Crippen MR) is 128 cm³/mol. The van der Waals surface area contributed by atoms with Gasteiger partial charge in [-0.05, 0) is 36.1 Å². The van der Waals surface area contributed by atoms with E-state index in [1.165, 1.54) is 0 Å². The maximum atomic E-state index is 13.0. The van der Waals surface area contributed by atoms with Gasteiger partial charge in [0.1, 0.15) is 11.2 Å². The van der Waals surface area contributed by atoms with Crippen LogP contribution in [-0.4, -0.2) is 26.8 Å². The van der Waals surface area contributed by atoms with Gasteiger partial charge in [0.25, 0.3) is 11.8 Å². The first-order valence-electron chi connectivity index (χ1n) is 10.6. The number of rotatable bonds is 5. The van der Waals surface area contributed by atoms with Crippen LogP contribution in [0.25, 0.3) is 21.8 Å². The van der Waals surface area contributed by atoms with Crippen LogP contribution in [0.3, 0.4) is 0 Å². The van der Waals surface area contributed by atoms with Gasteiger partial charge in [-0.1, -0.05) is 60.7 Å². The van der Waals surface area contributed by atoms with E-state index in [1.54, 1.807) is 24.4 Å². The fourth-order valence-corrected chi connectivity index (χ4v) is 3.75. The Kier molecular flexibility index (Phi) is 5.28. The van der Waals surface area contributed by atoms with E-state index >= 15 is 0 Å². The van der Waals surface area contributed by atoms with Crippen molar-refractivity contribution in [3.8, 4) is 0 Å². The number of benzene rings is 3. The molecule has 7 heteroatoms. The summed E-state index contributed by atoms with van der Waals surface area (Å²) in [5.74, 6) is -0.373. The van der Waals surface area contributed by atoms with Crippen LogP contribution in [0.1, 0.15) is 39.4 Å². The molecule has 7 nitrogen and oxygen atoms in total. The summed E-state index contributed by atoms with van der Waals surface area (Å²) < 4.78 is 0. The van der Waals surface area contributed by atoms with Crippen molar-refractivity contribution in [1.29, 1.82) is 0 Å². The molecule has 33 heavy (non-hydrogen) atoms. The van der Waals surface area contributed by atoms with Gasteiger partial charge in [-0.15, -0.1) is 0 Å². The van der Waals surface area contributed by atoms with Gasteiger partial charge >= 0.3 is 0 Å². The molecule has 0 aliphatic carbocycles. The van der Waals surface area contributed by atoms with E-state index in [-0.39, 0.29) is 29.5 Å². The third-order valence-corrected chi connectivity index (χ3v) is 5.50. The van der Waals surface area contributed by atoms with E-state index in [0.717, 1.165) is 16.3 Å². The zero-order chi connectivity index (χ0) is 22.8. The van der Waals surface area contributed by atoms with E-state index in [2.05, 4.69) is 25.6 Å². The average Bonchev–Trinajstić information content (AvgIpc) is 3.26. The first-order valence-corrected chi connectivity index (χ1v) is 10.6. The minimum absolute atomic E-state index is 0.161. The van der Waals surface area contributed by atoms with Gasteiger partial charge in [-0.25, -0.2) is 4.98 Å². The molecule has 0 aliphatic rings. The molecule has 1 unspecified atom stereocenters. The number of pyridine rings is 1. The predicted octanol–water partition coefficient (Wildman–Crippen LogP) is 4.85. The van der Waals surface area contributed by atoms with Crippen molar-refractivity contribution in [3.05, 3.63) is 102 Å². The van der Waals surface area contributed by atoms with Crippen LogP contribution in [0.15, 0.2) is 85.1 Å². The fraction of sp³-hybridized carbons (Fsp3) is 0.0769. The minimum Gasteiger partial charge on any atom is -0.345 e. The summed E-state index contributed by atoms with van der Waals surface area (Å²) in [6.45, 7) is 1.93. The number of nitrogens with zero attached hydrogens (tertiary/aromatic N) is 2. The molecule has 162 valence electrons. The average molecular weight is 435 g/mol. The lowest BCUT2D eigenvalue weighted by Gasteiger charge is -2.14. The maximum Gasteiger partial charge on any atom is 0.276 e. The Bertz CT molecular complexity index is 1480. The molecular weight excluding hydrogens is 414 g/mol. The second kappa shape index (κ2) is 8.55. The topological polar surface area (TPSA) is 99.8 Å². The maximum absolute atomic E-state index is 13.0. The van der Waals surface area contributed by atoms with Crippen LogP contribution in [0, 0.1) is 0 Å². The monoisotopic (exact) mass is 435 g/mol. The number of hydrogen-bond donors (Lipinski definition) is 3. The summed E-state index contributed by atoms with van der Waals surface area (Å²) in [5, 5.41) is 7.63. The van der Waals surface area contributed by atoms with E-state index < -0.39 is 0 Å². The van der Waals surface area contributed by atoms with Gasteiger partial charge < -0.3 is 10.3 Å². The molecule has 0 bridgehead atoms. The first-order chi connectivity index (χ1) is 16.1. The van der Waals surface area contributed by atoms with Crippen molar-refractivity contribution in [2.24, 2.45) is 0 Å². The summed E-state index contributed by atoms with van der Waals surface area (Å²) >= 11 is 0. The molecule has 2 aromatic heterocycles. The molecule has 0 saturated carbocycles. The zero-order valence-corrected chi connectivity index (χ0v) is 17.9. The lowest BCUT2D eigenvalue weighted by molar-refractivity contribution is 0.0940. The molecule has 0 saturated heterocycles. The van der Waals surface area contributed by atoms with Gasteiger partial charge in [0, 0.05) is 11.6 Å². The Morgan fingerprint density at radius 3 is 2.45 bits per heavy atom. The quantitative estimate of drug-likeness (QED) is 0.367. The lowest BCUT2D eigenvalue weighted by atomic mass is 10.1. The van der Waals surface area contributed by atoms with E-state index in [9.17, 15) is 9.59 Å². The van der Waals surface area contributed by atoms with Crippen molar-refractivity contribution in [2.75, 3.05) is 5.32 Å². The summed E-state index contributed by atoms with van der Waals surface area (Å²) in [6.07, 6.45) is 1.67. The number of aromatic amines is 1. The number of carbonyl (C=O) groups excluding carboxylic acids is 2. The molecular formula is C26H21N5O2. The molecule has 3 aromatic carbocycles. The Labute approximate surface area is 189 Å². The summed E-state index contributed by atoms with van der Waals surface area (Å²) in [5.41, 5.74) is 2.85. The molecule has 3 N–H and O–H groups in total. The molecule has 1 atom stereocenters. The van der Waals surface area contributed by atoms with Gasteiger partial charge in [0.2, 0.25) is 5.95 Å². The second-order valence-corrected chi connectivity index (χ2v) is 7.76. The van der Waals surface area contributed by atoms with Gasteiger partial charge in [0.15, 0.2) is 0 Å². The smallest absolute Gasteiger partial charge is 0.276 e. The van der Waals surface area contributed by atoms with Crippen LogP contribution in [-0.2, 0) is 0 Å². The summed E-state index contributed by atoms with van der Waals surface area (Å²) in [4.78, 5) is 37.5. The molecule has 2 amide bonds. The van der Waals surface area contributed by atoms with Crippen LogP contribution >= 0.6 is 0 Å². The Morgan fingerprint density at radius 1 is 0.879 bits per heavy atom. The lowest BCUT2D eigenvalue weighted by Crippen LogP contribution is -2.26. The number of hydrogen-bond acceptors (Lipinski definition) is 4. The number of para-hydroxylation sites is 1. The van der Waals surface area contributed by atoms with Crippen molar-refractivity contribution in [1.82, 2.24) is 20.3 Å². The number of imidazole rings is 1. The van der Waals surface area contributed by atoms with Crippen molar-refractivity contribution < 1.29 is 9.59 Å². The summed E-state index contributed by atoms with van der Waals surface area (Å²) in [6, 6.07) is 24.3. The van der Waals surface area contributed by atoms with E-state index in [1.807, 2.05) is 67.6 Å². The van der Waals surface area contributed by atoms with Crippen LogP contribution in [0.2, 0.25) is 0 Å². The Hall–Kier alpha value is -4.52. The second-order valence-electron chi connectivity index (χ2n) is 7.76. The summed E-state index contributed by atoms with van der Waals surface area (Å²) in [7, 11) is 0. The third kappa shape index (κ3) is 4.16.